The van der Waals surface area contributed by atoms with Crippen molar-refractivity contribution in [3.05, 3.63) is 83.9 Å². The first kappa shape index (κ1) is 35.5. The average molecular weight is 721 g/mol. The Morgan fingerprint density at radius 2 is 0.896 bits per heavy atom. The number of aromatic hydroxyl groups is 2. The lowest BCUT2D eigenvalue weighted by atomic mass is 10.0. The number of phenols is 2. The predicted molar refractivity (Wildman–Crippen MR) is 154 cm³/mol. The van der Waals surface area contributed by atoms with Crippen molar-refractivity contribution in [2.45, 2.75) is 22.1 Å². The lowest BCUT2D eigenvalue weighted by Gasteiger charge is -2.11. The van der Waals surface area contributed by atoms with E-state index in [9.17, 15) is 62.5 Å². The summed E-state index contributed by atoms with van der Waals surface area (Å²) in [6.07, 6.45) is -9.81. The van der Waals surface area contributed by atoms with Crippen LogP contribution in [0.5, 0.6) is 11.5 Å². The summed E-state index contributed by atoms with van der Waals surface area (Å²) in [5, 5.41) is 32.8. The quantitative estimate of drug-likeness (QED) is 0.0328. The molecule has 0 aliphatic rings. The van der Waals surface area contributed by atoms with Gasteiger partial charge in [-0.05, 0) is 71.8 Å². The summed E-state index contributed by atoms with van der Waals surface area (Å²) >= 11 is 0. The standard InChI is InChI=1S/C26H18F6N6O8S2/c27-25(28,29)17-11-15(3-7-21(17)39)33-37-35-19-5-1-13(9-23(19)47(41,42)43)14-2-6-20(24(10-14)48(44,45)46)36-38-34-16-4-8-22(40)18(12-16)26(30,31)32/h1-12,39-40H,(H,33,35)(H,34,36)(H,41,42,43)(H,44,45,46). The predicted octanol–water partition coefficient (Wildman–Crippen LogP) is 7.52. The van der Waals surface area contributed by atoms with Gasteiger partial charge in [0, 0.05) is 0 Å². The minimum absolute atomic E-state index is 0.0711. The summed E-state index contributed by atoms with van der Waals surface area (Å²) in [4.78, 5) is -1.75. The number of benzene rings is 4. The van der Waals surface area contributed by atoms with Crippen LogP contribution in [-0.4, -0.2) is 36.2 Å². The van der Waals surface area contributed by atoms with Crippen LogP contribution in [0, 0.1) is 0 Å². The van der Waals surface area contributed by atoms with Gasteiger partial charge < -0.3 is 10.2 Å². The van der Waals surface area contributed by atoms with E-state index >= 15 is 0 Å². The van der Waals surface area contributed by atoms with E-state index in [4.69, 9.17) is 0 Å². The van der Waals surface area contributed by atoms with Gasteiger partial charge in [0.25, 0.3) is 20.2 Å². The van der Waals surface area contributed by atoms with E-state index in [-0.39, 0.29) is 22.5 Å². The fraction of sp³-hybridized carbons (Fsp3) is 0.0769. The third-order valence-corrected chi connectivity index (χ3v) is 7.85. The van der Waals surface area contributed by atoms with Gasteiger partial charge in [-0.3, -0.25) is 20.0 Å². The van der Waals surface area contributed by atoms with Gasteiger partial charge in [-0.25, -0.2) is 0 Å². The smallest absolute Gasteiger partial charge is 0.420 e. The molecule has 0 atom stereocenters. The molecule has 0 aromatic heterocycles. The van der Waals surface area contributed by atoms with E-state index in [1.165, 1.54) is 12.1 Å². The van der Waals surface area contributed by atoms with Crippen molar-refractivity contribution in [3.8, 4) is 22.6 Å². The SMILES string of the molecule is O=S(=O)(O)c1cc(-c2ccc(N=NNc3ccc(O)c(C(F)(F)F)c3)c(S(=O)(=O)O)c2)ccc1N=NNc1ccc(O)c(C(F)(F)F)c1. The Labute approximate surface area is 265 Å². The second kappa shape index (κ2) is 13.1. The zero-order chi connectivity index (χ0) is 35.7. The lowest BCUT2D eigenvalue weighted by Crippen LogP contribution is -2.05. The molecule has 22 heteroatoms. The van der Waals surface area contributed by atoms with Crippen LogP contribution in [0.1, 0.15) is 11.1 Å². The van der Waals surface area contributed by atoms with Crippen LogP contribution in [0.2, 0.25) is 0 Å². The van der Waals surface area contributed by atoms with E-state index in [1.807, 2.05) is 0 Å². The van der Waals surface area contributed by atoms with Crippen molar-refractivity contribution in [3.63, 3.8) is 0 Å². The van der Waals surface area contributed by atoms with Crippen LogP contribution in [0.3, 0.4) is 0 Å². The molecule has 0 saturated heterocycles. The van der Waals surface area contributed by atoms with Crippen LogP contribution in [-0.2, 0) is 32.6 Å². The van der Waals surface area contributed by atoms with Crippen molar-refractivity contribution in [1.82, 2.24) is 0 Å². The molecule has 0 aliphatic carbocycles. The fourth-order valence-corrected chi connectivity index (χ4v) is 5.20. The minimum Gasteiger partial charge on any atom is -0.507 e. The molecular formula is C26H18F6N6O8S2. The van der Waals surface area contributed by atoms with Crippen molar-refractivity contribution in [2.24, 2.45) is 20.7 Å². The van der Waals surface area contributed by atoms with Crippen molar-refractivity contribution in [1.29, 1.82) is 0 Å². The van der Waals surface area contributed by atoms with Crippen molar-refractivity contribution < 1.29 is 62.5 Å². The van der Waals surface area contributed by atoms with Crippen LogP contribution >= 0.6 is 0 Å². The molecule has 0 heterocycles. The van der Waals surface area contributed by atoms with Gasteiger partial charge >= 0.3 is 12.4 Å². The first-order chi connectivity index (χ1) is 22.1. The molecule has 4 aromatic carbocycles. The summed E-state index contributed by atoms with van der Waals surface area (Å²) in [5.74, 6) is -2.12. The van der Waals surface area contributed by atoms with Crippen LogP contribution in [0.4, 0.5) is 49.1 Å². The first-order valence-corrected chi connectivity index (χ1v) is 15.4. The molecule has 0 spiro atoms. The number of alkyl halides is 6. The number of halogens is 6. The first-order valence-electron chi connectivity index (χ1n) is 12.5. The maximum Gasteiger partial charge on any atom is 0.420 e. The molecule has 6 N–H and O–H groups in total. The number of hydrogen-bond donors (Lipinski definition) is 6. The normalized spacial score (nSPS) is 12.9. The number of rotatable bonds is 9. The molecule has 0 amide bonds. The van der Waals surface area contributed by atoms with Gasteiger partial charge in [0.2, 0.25) is 0 Å². The Hall–Kier alpha value is -5.32. The number of phenolic OH excluding ortho intramolecular Hbond substituents is 2. The monoisotopic (exact) mass is 720 g/mol. The number of anilines is 2. The molecule has 0 radical (unpaired) electrons. The van der Waals surface area contributed by atoms with Crippen LogP contribution < -0.4 is 10.9 Å². The number of nitrogens with zero attached hydrogens (tertiary/aromatic N) is 4. The molecule has 4 aromatic rings. The molecule has 0 fully saturated rings. The Morgan fingerprint density at radius 1 is 0.542 bits per heavy atom. The van der Waals surface area contributed by atoms with E-state index < -0.39 is 76.4 Å². The molecule has 0 saturated carbocycles. The highest BCUT2D eigenvalue weighted by molar-refractivity contribution is 7.86. The Bertz CT molecular complexity index is 2010. The Balaban J connectivity index is 1.63. The van der Waals surface area contributed by atoms with Gasteiger partial charge in [-0.1, -0.05) is 22.6 Å². The molecular weight excluding hydrogens is 702 g/mol. The van der Waals surface area contributed by atoms with Crippen molar-refractivity contribution >= 4 is 43.0 Å². The van der Waals surface area contributed by atoms with Gasteiger partial charge in [0.1, 0.15) is 32.7 Å². The third-order valence-electron chi connectivity index (χ3n) is 6.09. The summed E-state index contributed by atoms with van der Waals surface area (Å²) in [6.45, 7) is 0. The summed E-state index contributed by atoms with van der Waals surface area (Å²) < 4.78 is 146. The highest BCUT2D eigenvalue weighted by Crippen LogP contribution is 2.39. The highest BCUT2D eigenvalue weighted by Gasteiger charge is 2.35. The van der Waals surface area contributed by atoms with E-state index in [0.29, 0.717) is 12.1 Å². The molecule has 0 aliphatic heterocycles. The fourth-order valence-electron chi connectivity index (χ4n) is 3.90. The van der Waals surface area contributed by atoms with Gasteiger partial charge in [0.05, 0.1) is 22.5 Å². The van der Waals surface area contributed by atoms with Gasteiger partial charge in [-0.2, -0.15) is 43.2 Å². The molecule has 254 valence electrons. The summed E-state index contributed by atoms with van der Waals surface area (Å²) in [6, 6.07) is 10.5. The van der Waals surface area contributed by atoms with E-state index in [0.717, 1.165) is 48.5 Å². The molecule has 0 bridgehead atoms. The van der Waals surface area contributed by atoms with Crippen molar-refractivity contribution in [2.75, 3.05) is 10.9 Å². The van der Waals surface area contributed by atoms with Crippen LogP contribution in [0.25, 0.3) is 11.1 Å². The average Bonchev–Trinajstić information content (AvgIpc) is 2.97. The Morgan fingerprint density at radius 3 is 1.21 bits per heavy atom. The van der Waals surface area contributed by atoms with Gasteiger partial charge in [0.15, 0.2) is 0 Å². The Kier molecular flexibility index (Phi) is 9.67. The van der Waals surface area contributed by atoms with E-state index in [2.05, 4.69) is 31.5 Å². The highest BCUT2D eigenvalue weighted by atomic mass is 32.2. The second-order valence-corrected chi connectivity index (χ2v) is 12.2. The van der Waals surface area contributed by atoms with E-state index in [1.54, 1.807) is 0 Å². The second-order valence-electron chi connectivity index (χ2n) is 9.40. The molecule has 4 rings (SSSR count). The lowest BCUT2D eigenvalue weighted by molar-refractivity contribution is -0.139. The topological polar surface area (TPSA) is 223 Å². The zero-order valence-corrected chi connectivity index (χ0v) is 24.9. The van der Waals surface area contributed by atoms with Gasteiger partial charge in [-0.15, -0.1) is 10.2 Å². The minimum atomic E-state index is -5.05. The number of nitrogens with one attached hydrogen (secondary N) is 2. The number of hydrogen-bond acceptors (Lipinski definition) is 10. The van der Waals surface area contributed by atoms with Crippen LogP contribution in [0.15, 0.2) is 103 Å². The molecule has 14 nitrogen and oxygen atoms in total. The maximum atomic E-state index is 13.0. The summed E-state index contributed by atoms with van der Waals surface area (Å²) in [7, 11) is -10.1. The third kappa shape index (κ3) is 8.52. The molecule has 48 heavy (non-hydrogen) atoms. The largest absolute Gasteiger partial charge is 0.507 e. The maximum absolute atomic E-state index is 13.0. The zero-order valence-electron chi connectivity index (χ0n) is 23.2. The molecule has 0 unspecified atom stereocenters. The summed E-state index contributed by atoms with van der Waals surface area (Å²) in [5.41, 5.74) is -0.320.